The minimum atomic E-state index is -1.50. The van der Waals surface area contributed by atoms with Crippen LogP contribution in [0, 0.1) is 0 Å². The molecule has 1 aromatic rings. The van der Waals surface area contributed by atoms with E-state index in [1.54, 1.807) is 0 Å². The summed E-state index contributed by atoms with van der Waals surface area (Å²) in [5.41, 5.74) is -0.295. The summed E-state index contributed by atoms with van der Waals surface area (Å²) >= 11 is 0. The van der Waals surface area contributed by atoms with Crippen molar-refractivity contribution in [3.05, 3.63) is 23.8 Å². The fraction of sp³-hybridized carbons (Fsp3) is 0.462. The second-order valence-electron chi connectivity index (χ2n) is 4.24. The zero-order valence-corrected chi connectivity index (χ0v) is 14.1. The Morgan fingerprint density at radius 2 is 1.64 bits per heavy atom. The zero-order valence-electron chi connectivity index (χ0n) is 12.1. The molecule has 0 radical (unpaired) electrons. The van der Waals surface area contributed by atoms with Gasteiger partial charge in [-0.3, -0.25) is 0 Å². The van der Waals surface area contributed by atoms with Gasteiger partial charge in [0.2, 0.25) is 0 Å². The Kier molecular flexibility index (Phi) is 10.4. The second kappa shape index (κ2) is 10.8. The molecule has 1 rings (SSSR count). The SMILES string of the molecule is O=C([O-])c1cc(OC[C@H](O)CO)ccc1OC[C@@H](O)CO.[Na+]. The van der Waals surface area contributed by atoms with Gasteiger partial charge in [-0.1, -0.05) is 0 Å². The number of carboxylic acid groups (broad SMARTS) is 1. The Morgan fingerprint density at radius 3 is 2.14 bits per heavy atom. The van der Waals surface area contributed by atoms with Crippen LogP contribution in [-0.2, 0) is 0 Å². The van der Waals surface area contributed by atoms with Crippen molar-refractivity contribution >= 4 is 5.97 Å². The smallest absolute Gasteiger partial charge is 0.545 e. The fourth-order valence-corrected chi connectivity index (χ4v) is 1.37. The Labute approximate surface area is 149 Å². The average molecular weight is 324 g/mol. The first-order valence-corrected chi connectivity index (χ1v) is 6.16. The molecule has 2 atom stereocenters. The molecule has 4 N–H and O–H groups in total. The monoisotopic (exact) mass is 324 g/mol. The van der Waals surface area contributed by atoms with Gasteiger partial charge >= 0.3 is 29.6 Å². The molecule has 8 nitrogen and oxygen atoms in total. The topological polar surface area (TPSA) is 140 Å². The van der Waals surface area contributed by atoms with Crippen LogP contribution in [0.25, 0.3) is 0 Å². The van der Waals surface area contributed by atoms with E-state index in [0.717, 1.165) is 6.07 Å². The van der Waals surface area contributed by atoms with E-state index in [9.17, 15) is 9.90 Å². The molecule has 22 heavy (non-hydrogen) atoms. The molecule has 0 aliphatic rings. The van der Waals surface area contributed by atoms with Gasteiger partial charge in [0.15, 0.2) is 0 Å². The average Bonchev–Trinajstić information content (AvgIpc) is 2.50. The van der Waals surface area contributed by atoms with Crippen molar-refractivity contribution in [2.24, 2.45) is 0 Å². The molecule has 0 aliphatic carbocycles. The molecule has 0 fully saturated rings. The molecule has 0 unspecified atom stereocenters. The number of carboxylic acids is 1. The Balaban J connectivity index is 0.00000441. The van der Waals surface area contributed by atoms with Crippen LogP contribution in [0.4, 0.5) is 0 Å². The number of hydrogen-bond donors (Lipinski definition) is 4. The van der Waals surface area contributed by atoms with E-state index < -0.39 is 31.4 Å². The van der Waals surface area contributed by atoms with Gasteiger partial charge in [-0.05, 0) is 18.2 Å². The molecule has 0 spiro atoms. The minimum Gasteiger partial charge on any atom is -0.545 e. The molecule has 0 amide bonds. The standard InChI is InChI=1S/C13H18O8.Na/c14-4-8(16)6-20-10-1-2-12(11(3-10)13(18)19)21-7-9(17)5-15;/h1-3,8-9,14-17H,4-7H2,(H,18,19);/q;+1/p-1/t8-,9+;/m1./s1. The first-order valence-electron chi connectivity index (χ1n) is 6.16. The Bertz CT molecular complexity index is 467. The maximum atomic E-state index is 11.0. The van der Waals surface area contributed by atoms with Gasteiger partial charge < -0.3 is 39.8 Å². The molecular weight excluding hydrogens is 307 g/mol. The molecule has 0 bridgehead atoms. The van der Waals surface area contributed by atoms with E-state index in [0.29, 0.717) is 0 Å². The predicted molar refractivity (Wildman–Crippen MR) is 67.9 cm³/mol. The number of hydrogen-bond acceptors (Lipinski definition) is 8. The summed E-state index contributed by atoms with van der Waals surface area (Å²) in [5.74, 6) is -1.40. The van der Waals surface area contributed by atoms with E-state index in [1.807, 2.05) is 0 Å². The van der Waals surface area contributed by atoms with Gasteiger partial charge in [-0.25, -0.2) is 0 Å². The molecule has 9 heteroatoms. The van der Waals surface area contributed by atoms with Gasteiger partial charge in [0, 0.05) is 5.56 Å². The number of aliphatic hydroxyl groups excluding tert-OH is 4. The Morgan fingerprint density at radius 1 is 1.09 bits per heavy atom. The third-order valence-electron chi connectivity index (χ3n) is 2.47. The van der Waals surface area contributed by atoms with Gasteiger partial charge in [-0.15, -0.1) is 0 Å². The summed E-state index contributed by atoms with van der Waals surface area (Å²) in [5, 5.41) is 46.6. The first-order chi connectivity index (χ1) is 9.97. The van der Waals surface area contributed by atoms with Crippen molar-refractivity contribution in [1.29, 1.82) is 0 Å². The second-order valence-corrected chi connectivity index (χ2v) is 4.24. The van der Waals surface area contributed by atoms with Crippen LogP contribution in [0.2, 0.25) is 0 Å². The maximum Gasteiger partial charge on any atom is 1.00 e. The third kappa shape index (κ3) is 6.93. The number of ether oxygens (including phenoxy) is 2. The van der Waals surface area contributed by atoms with Crippen LogP contribution in [0.5, 0.6) is 11.5 Å². The first kappa shape index (κ1) is 21.1. The summed E-state index contributed by atoms with van der Waals surface area (Å²) < 4.78 is 10.2. The van der Waals surface area contributed by atoms with Crippen LogP contribution >= 0.6 is 0 Å². The molecular formula is C13H17NaO8. The van der Waals surface area contributed by atoms with E-state index in [4.69, 9.17) is 29.9 Å². The van der Waals surface area contributed by atoms with E-state index in [-0.39, 0.29) is 59.8 Å². The van der Waals surface area contributed by atoms with Crippen molar-refractivity contribution in [1.82, 2.24) is 0 Å². The van der Waals surface area contributed by atoms with Crippen molar-refractivity contribution in [2.45, 2.75) is 12.2 Å². The van der Waals surface area contributed by atoms with Gasteiger partial charge in [0.05, 0.1) is 19.2 Å². The van der Waals surface area contributed by atoms with Crippen LogP contribution in [0.15, 0.2) is 18.2 Å². The van der Waals surface area contributed by atoms with Crippen LogP contribution in [0.1, 0.15) is 10.4 Å². The normalized spacial score (nSPS) is 12.9. The van der Waals surface area contributed by atoms with Crippen molar-refractivity contribution < 1.29 is 69.4 Å². The van der Waals surface area contributed by atoms with Crippen LogP contribution in [-0.4, -0.2) is 65.0 Å². The number of rotatable bonds is 9. The van der Waals surface area contributed by atoms with E-state index in [2.05, 4.69) is 0 Å². The summed E-state index contributed by atoms with van der Waals surface area (Å²) in [4.78, 5) is 11.0. The summed E-state index contributed by atoms with van der Waals surface area (Å²) in [6.07, 6.45) is -2.21. The molecule has 118 valence electrons. The Hall–Kier alpha value is -0.870. The molecule has 0 saturated carbocycles. The zero-order chi connectivity index (χ0) is 15.8. The third-order valence-corrected chi connectivity index (χ3v) is 2.47. The molecule has 0 aromatic heterocycles. The number of benzene rings is 1. The summed E-state index contributed by atoms with van der Waals surface area (Å²) in [7, 11) is 0. The molecule has 0 heterocycles. The predicted octanol–water partition coefficient (Wildman–Crippen LogP) is -5.48. The minimum absolute atomic E-state index is 0. The van der Waals surface area contributed by atoms with Crippen LogP contribution in [0.3, 0.4) is 0 Å². The van der Waals surface area contributed by atoms with Gasteiger partial charge in [0.25, 0.3) is 0 Å². The molecule has 0 saturated heterocycles. The van der Waals surface area contributed by atoms with Crippen LogP contribution < -0.4 is 44.1 Å². The van der Waals surface area contributed by atoms with Gasteiger partial charge in [0.1, 0.15) is 36.9 Å². The molecule has 1 aromatic carbocycles. The van der Waals surface area contributed by atoms with Gasteiger partial charge in [-0.2, -0.15) is 0 Å². The van der Waals surface area contributed by atoms with E-state index >= 15 is 0 Å². The van der Waals surface area contributed by atoms with Crippen molar-refractivity contribution in [2.75, 3.05) is 26.4 Å². The fourth-order valence-electron chi connectivity index (χ4n) is 1.37. The van der Waals surface area contributed by atoms with Crippen molar-refractivity contribution in [3.63, 3.8) is 0 Å². The quantitative estimate of drug-likeness (QED) is 0.330. The largest absolute Gasteiger partial charge is 1.00 e. The van der Waals surface area contributed by atoms with Crippen molar-refractivity contribution in [3.8, 4) is 11.5 Å². The molecule has 0 aliphatic heterocycles. The summed E-state index contributed by atoms with van der Waals surface area (Å²) in [6.45, 7) is -1.47. The number of carbonyl (C=O) groups is 1. The van der Waals surface area contributed by atoms with E-state index in [1.165, 1.54) is 12.1 Å². The number of carbonyl (C=O) groups excluding carboxylic acids is 1. The summed E-state index contributed by atoms with van der Waals surface area (Å²) in [6, 6.07) is 3.84. The number of aliphatic hydroxyl groups is 4. The maximum absolute atomic E-state index is 11.0. The number of aromatic carboxylic acids is 1.